The van der Waals surface area contributed by atoms with Gasteiger partial charge >= 0.3 is 0 Å². The first-order valence-electron chi connectivity index (χ1n) is 7.84. The molecule has 1 aromatic rings. The number of rotatable bonds is 4. The zero-order valence-corrected chi connectivity index (χ0v) is 13.4. The molecule has 0 spiro atoms. The number of hydrogen-bond acceptors (Lipinski definition) is 3. The van der Waals surface area contributed by atoms with Crippen LogP contribution in [0.3, 0.4) is 0 Å². The van der Waals surface area contributed by atoms with Crippen molar-refractivity contribution in [1.82, 2.24) is 4.31 Å². The Balaban J connectivity index is 1.89. The molecule has 0 aliphatic heterocycles. The molecule has 1 aromatic carbocycles. The minimum Gasteiger partial charge on any atom is -0.330 e. The van der Waals surface area contributed by atoms with E-state index >= 15 is 0 Å². The van der Waals surface area contributed by atoms with Crippen molar-refractivity contribution in [3.63, 3.8) is 0 Å². The molecule has 0 radical (unpaired) electrons. The number of fused-ring (bicyclic) bond motifs is 1. The number of benzene rings is 1. The summed E-state index contributed by atoms with van der Waals surface area (Å²) in [5, 5.41) is 0. The highest BCUT2D eigenvalue weighted by Crippen LogP contribution is 2.33. The fourth-order valence-corrected chi connectivity index (χ4v) is 5.32. The summed E-state index contributed by atoms with van der Waals surface area (Å²) in [5.74, 6) is 0.291. The van der Waals surface area contributed by atoms with Gasteiger partial charge in [-0.1, -0.05) is 12.5 Å². The van der Waals surface area contributed by atoms with Crippen molar-refractivity contribution >= 4 is 10.0 Å². The molecule has 0 saturated heterocycles. The second-order valence-electron chi connectivity index (χ2n) is 6.30. The minimum absolute atomic E-state index is 0.0493. The zero-order chi connectivity index (χ0) is 15.0. The molecule has 0 bridgehead atoms. The van der Waals surface area contributed by atoms with Crippen molar-refractivity contribution < 1.29 is 8.42 Å². The molecular formula is C16H24N2O2S. The summed E-state index contributed by atoms with van der Waals surface area (Å²) >= 11 is 0. The van der Waals surface area contributed by atoms with Crippen molar-refractivity contribution in [3.05, 3.63) is 29.3 Å². The van der Waals surface area contributed by atoms with Gasteiger partial charge in [-0.15, -0.1) is 0 Å². The highest BCUT2D eigenvalue weighted by Gasteiger charge is 2.36. The quantitative estimate of drug-likeness (QED) is 0.924. The van der Waals surface area contributed by atoms with E-state index in [1.54, 1.807) is 17.4 Å². The van der Waals surface area contributed by atoms with Gasteiger partial charge in [-0.25, -0.2) is 8.42 Å². The first-order chi connectivity index (χ1) is 10.0. The molecule has 2 aliphatic rings. The summed E-state index contributed by atoms with van der Waals surface area (Å²) in [6.07, 6.45) is 6.22. The number of nitrogens with two attached hydrogens (primary N) is 1. The maximum atomic E-state index is 12.9. The lowest BCUT2D eigenvalue weighted by Gasteiger charge is -2.28. The third-order valence-electron chi connectivity index (χ3n) is 5.14. The number of sulfonamides is 1. The Hall–Kier alpha value is -0.910. The fourth-order valence-electron chi connectivity index (χ4n) is 3.82. The second kappa shape index (κ2) is 5.71. The van der Waals surface area contributed by atoms with Crippen LogP contribution in [-0.4, -0.2) is 32.4 Å². The van der Waals surface area contributed by atoms with Crippen LogP contribution in [0.5, 0.6) is 0 Å². The van der Waals surface area contributed by atoms with Gasteiger partial charge in [0.2, 0.25) is 10.0 Å². The third kappa shape index (κ3) is 2.62. The molecule has 2 atom stereocenters. The number of nitrogens with zero attached hydrogens (tertiary/aromatic N) is 1. The van der Waals surface area contributed by atoms with Gasteiger partial charge in [0.1, 0.15) is 0 Å². The normalized spacial score (nSPS) is 25.5. The summed E-state index contributed by atoms with van der Waals surface area (Å²) in [4.78, 5) is 0.438. The SMILES string of the molecule is CN(C1CCCC1CN)S(=O)(=O)c1ccc2c(c1)CCC2. The molecule has 116 valence electrons. The first kappa shape index (κ1) is 15.0. The molecule has 3 rings (SSSR count). The van der Waals surface area contributed by atoms with Crippen LogP contribution in [0, 0.1) is 5.92 Å². The maximum Gasteiger partial charge on any atom is 0.243 e. The van der Waals surface area contributed by atoms with E-state index in [-0.39, 0.29) is 6.04 Å². The van der Waals surface area contributed by atoms with Crippen LogP contribution in [0.2, 0.25) is 0 Å². The van der Waals surface area contributed by atoms with Gasteiger partial charge in [-0.2, -0.15) is 4.31 Å². The van der Waals surface area contributed by atoms with E-state index in [0.29, 0.717) is 17.4 Å². The summed E-state index contributed by atoms with van der Waals surface area (Å²) in [6.45, 7) is 0.564. The number of aryl methyl sites for hydroxylation is 2. The first-order valence-corrected chi connectivity index (χ1v) is 9.28. The van der Waals surface area contributed by atoms with Crippen LogP contribution in [0.25, 0.3) is 0 Å². The summed E-state index contributed by atoms with van der Waals surface area (Å²) in [6, 6.07) is 5.68. The Morgan fingerprint density at radius 3 is 2.71 bits per heavy atom. The Bertz CT molecular complexity index is 627. The zero-order valence-electron chi connectivity index (χ0n) is 12.6. The lowest BCUT2D eigenvalue weighted by atomic mass is 10.0. The Morgan fingerprint density at radius 1 is 1.19 bits per heavy atom. The van der Waals surface area contributed by atoms with Crippen LogP contribution in [-0.2, 0) is 22.9 Å². The van der Waals surface area contributed by atoms with Gasteiger partial charge in [0.05, 0.1) is 4.90 Å². The van der Waals surface area contributed by atoms with Crippen molar-refractivity contribution in [2.45, 2.75) is 49.5 Å². The molecule has 1 saturated carbocycles. The molecule has 1 fully saturated rings. The molecule has 5 heteroatoms. The van der Waals surface area contributed by atoms with Crippen molar-refractivity contribution in [2.75, 3.05) is 13.6 Å². The molecule has 0 heterocycles. The van der Waals surface area contributed by atoms with Crippen LogP contribution in [0.4, 0.5) is 0 Å². The van der Waals surface area contributed by atoms with Gasteiger partial charge in [0.15, 0.2) is 0 Å². The van der Waals surface area contributed by atoms with E-state index < -0.39 is 10.0 Å². The van der Waals surface area contributed by atoms with Crippen molar-refractivity contribution in [2.24, 2.45) is 11.7 Å². The van der Waals surface area contributed by atoms with Gasteiger partial charge in [0.25, 0.3) is 0 Å². The lowest BCUT2D eigenvalue weighted by Crippen LogP contribution is -2.41. The predicted octanol–water partition coefficient (Wildman–Crippen LogP) is 1.92. The van der Waals surface area contributed by atoms with Crippen LogP contribution in [0.15, 0.2) is 23.1 Å². The smallest absolute Gasteiger partial charge is 0.243 e. The number of hydrogen-bond donors (Lipinski definition) is 1. The lowest BCUT2D eigenvalue weighted by molar-refractivity contribution is 0.304. The van der Waals surface area contributed by atoms with Gasteiger partial charge < -0.3 is 5.73 Å². The van der Waals surface area contributed by atoms with Gasteiger partial charge in [0, 0.05) is 13.1 Å². The van der Waals surface area contributed by atoms with E-state index in [9.17, 15) is 8.42 Å². The molecule has 0 aromatic heterocycles. The predicted molar refractivity (Wildman–Crippen MR) is 83.6 cm³/mol. The molecule has 2 unspecified atom stereocenters. The second-order valence-corrected chi connectivity index (χ2v) is 8.30. The monoisotopic (exact) mass is 308 g/mol. The average molecular weight is 308 g/mol. The van der Waals surface area contributed by atoms with E-state index in [1.807, 2.05) is 12.1 Å². The molecular weight excluding hydrogens is 284 g/mol. The molecule has 2 N–H and O–H groups in total. The topological polar surface area (TPSA) is 63.4 Å². The van der Waals surface area contributed by atoms with Gasteiger partial charge in [-0.3, -0.25) is 0 Å². The molecule has 0 amide bonds. The van der Waals surface area contributed by atoms with E-state index in [0.717, 1.165) is 38.5 Å². The van der Waals surface area contributed by atoms with E-state index in [2.05, 4.69) is 0 Å². The largest absolute Gasteiger partial charge is 0.330 e. The van der Waals surface area contributed by atoms with E-state index in [1.165, 1.54) is 11.1 Å². The van der Waals surface area contributed by atoms with Crippen LogP contribution in [0.1, 0.15) is 36.8 Å². The molecule has 2 aliphatic carbocycles. The molecule has 21 heavy (non-hydrogen) atoms. The summed E-state index contributed by atoms with van der Waals surface area (Å²) < 4.78 is 27.3. The maximum absolute atomic E-state index is 12.9. The fraction of sp³-hybridized carbons (Fsp3) is 0.625. The van der Waals surface area contributed by atoms with Gasteiger partial charge in [-0.05, 0) is 67.8 Å². The van der Waals surface area contributed by atoms with Crippen molar-refractivity contribution in [3.8, 4) is 0 Å². The van der Waals surface area contributed by atoms with Crippen molar-refractivity contribution in [1.29, 1.82) is 0 Å². The Kier molecular flexibility index (Phi) is 4.08. The van der Waals surface area contributed by atoms with E-state index in [4.69, 9.17) is 5.73 Å². The highest BCUT2D eigenvalue weighted by molar-refractivity contribution is 7.89. The standard InChI is InChI=1S/C16H24N2O2S/c1-18(16-7-3-6-14(16)11-17)21(19,20)15-9-8-12-4-2-5-13(12)10-15/h8-10,14,16H,2-7,11,17H2,1H3. The highest BCUT2D eigenvalue weighted by atomic mass is 32.2. The minimum atomic E-state index is -3.41. The molecule has 4 nitrogen and oxygen atoms in total. The van der Waals surface area contributed by atoms with Crippen LogP contribution >= 0.6 is 0 Å². The average Bonchev–Trinajstić information content (AvgIpc) is 3.13. The Morgan fingerprint density at radius 2 is 1.95 bits per heavy atom. The third-order valence-corrected chi connectivity index (χ3v) is 7.01. The summed E-state index contributed by atoms with van der Waals surface area (Å²) in [7, 11) is -1.70. The Labute approximate surface area is 127 Å². The summed E-state index contributed by atoms with van der Waals surface area (Å²) in [5.41, 5.74) is 8.30. The van der Waals surface area contributed by atoms with Crippen LogP contribution < -0.4 is 5.73 Å².